The Balaban J connectivity index is 1.49. The normalized spacial score (nSPS) is 10.8. The molecule has 0 spiro atoms. The number of carbonyl (C=O) groups excluding carboxylic acids is 1. The lowest BCUT2D eigenvalue weighted by Gasteiger charge is -2.08. The van der Waals surface area contributed by atoms with Crippen molar-refractivity contribution in [2.24, 2.45) is 0 Å². The number of thiazole rings is 1. The van der Waals surface area contributed by atoms with Gasteiger partial charge >= 0.3 is 0 Å². The molecule has 1 heterocycles. The lowest BCUT2D eigenvalue weighted by molar-refractivity contribution is 0.103. The molecule has 0 aliphatic heterocycles. The molecule has 0 atom stereocenters. The van der Waals surface area contributed by atoms with Crippen LogP contribution in [0.5, 0.6) is 5.75 Å². The Morgan fingerprint density at radius 3 is 2.57 bits per heavy atom. The fraction of sp³-hybridized carbons (Fsp3) is 0.130. The van der Waals surface area contributed by atoms with Crippen LogP contribution in [0.15, 0.2) is 66.7 Å². The van der Waals surface area contributed by atoms with Crippen molar-refractivity contribution in [3.63, 3.8) is 0 Å². The number of nitrogens with one attached hydrogen (secondary N) is 1. The minimum absolute atomic E-state index is 0.145. The van der Waals surface area contributed by atoms with Crippen LogP contribution in [0.2, 0.25) is 0 Å². The zero-order valence-corrected chi connectivity index (χ0v) is 16.5. The third-order valence-corrected chi connectivity index (χ3v) is 5.60. The molecule has 1 N–H and O–H groups in total. The number of anilines is 1. The van der Waals surface area contributed by atoms with Crippen LogP contribution in [0.25, 0.3) is 10.8 Å². The molecule has 0 bridgehead atoms. The molecule has 1 amide bonds. The molecule has 4 aromatic rings. The van der Waals surface area contributed by atoms with Crippen molar-refractivity contribution >= 4 is 33.7 Å². The van der Waals surface area contributed by atoms with Gasteiger partial charge in [-0.2, -0.15) is 0 Å². The van der Waals surface area contributed by atoms with Crippen molar-refractivity contribution in [1.82, 2.24) is 4.98 Å². The van der Waals surface area contributed by atoms with Gasteiger partial charge < -0.3 is 10.1 Å². The van der Waals surface area contributed by atoms with Gasteiger partial charge in [-0.1, -0.05) is 54.1 Å². The van der Waals surface area contributed by atoms with Gasteiger partial charge in [0.25, 0.3) is 5.91 Å². The average molecular weight is 388 g/mol. The number of hydrogen-bond donors (Lipinski definition) is 1. The molecule has 3 aromatic carbocycles. The largest absolute Gasteiger partial charge is 0.486 e. The molecule has 0 unspecified atom stereocenters. The van der Waals surface area contributed by atoms with Crippen molar-refractivity contribution < 1.29 is 9.53 Å². The van der Waals surface area contributed by atoms with Crippen molar-refractivity contribution in [1.29, 1.82) is 0 Å². The number of rotatable bonds is 5. The second kappa shape index (κ2) is 7.82. The van der Waals surface area contributed by atoms with Gasteiger partial charge in [0.2, 0.25) is 0 Å². The highest BCUT2D eigenvalue weighted by atomic mass is 32.1. The molecule has 5 heteroatoms. The summed E-state index contributed by atoms with van der Waals surface area (Å²) < 4.78 is 5.79. The zero-order valence-electron chi connectivity index (χ0n) is 15.7. The highest BCUT2D eigenvalue weighted by Gasteiger charge is 2.16. The first kappa shape index (κ1) is 18.2. The van der Waals surface area contributed by atoms with Crippen molar-refractivity contribution in [2.75, 3.05) is 5.32 Å². The lowest BCUT2D eigenvalue weighted by Crippen LogP contribution is -2.11. The maximum Gasteiger partial charge on any atom is 0.267 e. The van der Waals surface area contributed by atoms with Crippen LogP contribution in [-0.4, -0.2) is 10.9 Å². The first-order valence-corrected chi connectivity index (χ1v) is 9.87. The monoisotopic (exact) mass is 388 g/mol. The molecule has 0 saturated heterocycles. The second-order valence-corrected chi connectivity index (χ2v) is 7.69. The van der Waals surface area contributed by atoms with Crippen molar-refractivity contribution in [2.45, 2.75) is 20.5 Å². The Bertz CT molecular complexity index is 1130. The van der Waals surface area contributed by atoms with Gasteiger partial charge in [-0.05, 0) is 37.4 Å². The number of aryl methyl sites for hydroxylation is 2. The minimum atomic E-state index is -0.145. The summed E-state index contributed by atoms with van der Waals surface area (Å²) in [5.41, 5.74) is 2.70. The number of hydrogen-bond acceptors (Lipinski definition) is 4. The Morgan fingerprint density at radius 2 is 1.75 bits per heavy atom. The molecule has 4 rings (SSSR count). The summed E-state index contributed by atoms with van der Waals surface area (Å²) in [4.78, 5) is 17.9. The maximum atomic E-state index is 12.8. The predicted octanol–water partition coefficient (Wildman–Crippen LogP) is 5.74. The van der Waals surface area contributed by atoms with Crippen molar-refractivity contribution in [3.05, 3.63) is 87.9 Å². The molecule has 140 valence electrons. The van der Waals surface area contributed by atoms with E-state index in [1.807, 2.05) is 80.6 Å². The summed E-state index contributed by atoms with van der Waals surface area (Å²) in [6, 6.07) is 21.8. The molecular formula is C23H20N2O2S. The van der Waals surface area contributed by atoms with E-state index in [4.69, 9.17) is 4.74 Å². The first-order chi connectivity index (χ1) is 13.6. The van der Waals surface area contributed by atoms with Crippen LogP contribution in [-0.2, 0) is 6.61 Å². The Hall–Kier alpha value is -3.18. The highest BCUT2D eigenvalue weighted by molar-refractivity contribution is 7.13. The third-order valence-electron chi connectivity index (χ3n) is 4.47. The number of fused-ring (bicyclic) bond motifs is 1. The molecule has 4 nitrogen and oxygen atoms in total. The zero-order chi connectivity index (χ0) is 19.5. The van der Waals surface area contributed by atoms with Gasteiger partial charge in [0.05, 0.1) is 5.69 Å². The lowest BCUT2D eigenvalue weighted by atomic mass is 10.1. The van der Waals surface area contributed by atoms with E-state index in [9.17, 15) is 4.79 Å². The summed E-state index contributed by atoms with van der Waals surface area (Å²) in [6.45, 7) is 4.23. The molecule has 0 aliphatic rings. The maximum absolute atomic E-state index is 12.8. The molecule has 1 aromatic heterocycles. The minimum Gasteiger partial charge on any atom is -0.486 e. The van der Waals surface area contributed by atoms with E-state index in [0.29, 0.717) is 17.2 Å². The van der Waals surface area contributed by atoms with E-state index in [0.717, 1.165) is 27.2 Å². The predicted molar refractivity (Wildman–Crippen MR) is 114 cm³/mol. The summed E-state index contributed by atoms with van der Waals surface area (Å²) in [5, 5.41) is 5.91. The molecule has 0 saturated carbocycles. The van der Waals surface area contributed by atoms with E-state index in [1.54, 1.807) is 0 Å². The smallest absolute Gasteiger partial charge is 0.267 e. The molecular weight excluding hydrogens is 368 g/mol. The summed E-state index contributed by atoms with van der Waals surface area (Å²) in [5.74, 6) is 0.646. The number of amides is 1. The number of nitrogens with zero attached hydrogens (tertiary/aromatic N) is 1. The van der Waals surface area contributed by atoms with Crippen LogP contribution in [0, 0.1) is 13.8 Å². The fourth-order valence-corrected chi connectivity index (χ4v) is 3.89. The fourth-order valence-electron chi connectivity index (χ4n) is 3.02. The van der Waals surface area contributed by atoms with E-state index >= 15 is 0 Å². The standard InChI is InChI=1S/C23H20N2O2S/c1-15-10-12-18(13-11-15)27-14-21-24-16(2)22(28-21)23(26)25-20-9-5-7-17-6-3-4-8-19(17)20/h3-13H,14H2,1-2H3,(H,25,26). The quantitative estimate of drug-likeness (QED) is 0.474. The number of ether oxygens (including phenoxy) is 1. The van der Waals surface area contributed by atoms with E-state index in [1.165, 1.54) is 16.9 Å². The van der Waals surface area contributed by atoms with Crippen LogP contribution in [0.4, 0.5) is 5.69 Å². The second-order valence-electron chi connectivity index (χ2n) is 6.60. The highest BCUT2D eigenvalue weighted by Crippen LogP contribution is 2.26. The molecule has 0 fully saturated rings. The van der Waals surface area contributed by atoms with Gasteiger partial charge in [-0.15, -0.1) is 11.3 Å². The topological polar surface area (TPSA) is 51.2 Å². The van der Waals surface area contributed by atoms with E-state index in [2.05, 4.69) is 10.3 Å². The summed E-state index contributed by atoms with van der Waals surface area (Å²) in [7, 11) is 0. The van der Waals surface area contributed by atoms with Crippen LogP contribution in [0.1, 0.15) is 25.9 Å². The van der Waals surface area contributed by atoms with Crippen molar-refractivity contribution in [3.8, 4) is 5.75 Å². The van der Waals surface area contributed by atoms with Crippen LogP contribution >= 0.6 is 11.3 Å². The Kier molecular flexibility index (Phi) is 5.08. The third kappa shape index (κ3) is 3.89. The van der Waals surface area contributed by atoms with Gasteiger partial charge in [-0.25, -0.2) is 4.98 Å². The van der Waals surface area contributed by atoms with Crippen LogP contribution < -0.4 is 10.1 Å². The molecule has 0 radical (unpaired) electrons. The first-order valence-electron chi connectivity index (χ1n) is 9.05. The number of aromatic nitrogens is 1. The molecule has 0 aliphatic carbocycles. The van der Waals surface area contributed by atoms with E-state index < -0.39 is 0 Å². The number of benzene rings is 3. The van der Waals surface area contributed by atoms with Crippen LogP contribution in [0.3, 0.4) is 0 Å². The SMILES string of the molecule is Cc1ccc(OCc2nc(C)c(C(=O)Nc3cccc4ccccc34)s2)cc1. The summed E-state index contributed by atoms with van der Waals surface area (Å²) in [6.07, 6.45) is 0. The summed E-state index contributed by atoms with van der Waals surface area (Å²) >= 11 is 1.37. The van der Waals surface area contributed by atoms with Gasteiger partial charge in [0, 0.05) is 11.1 Å². The van der Waals surface area contributed by atoms with Gasteiger partial charge in [-0.3, -0.25) is 4.79 Å². The number of carbonyl (C=O) groups is 1. The Labute approximate surface area is 167 Å². The molecule has 28 heavy (non-hydrogen) atoms. The van der Waals surface area contributed by atoms with E-state index in [-0.39, 0.29) is 5.91 Å². The average Bonchev–Trinajstić information content (AvgIpc) is 3.08. The van der Waals surface area contributed by atoms with Gasteiger partial charge in [0.15, 0.2) is 0 Å². The van der Waals surface area contributed by atoms with Gasteiger partial charge in [0.1, 0.15) is 22.2 Å². The Morgan fingerprint density at radius 1 is 1.00 bits per heavy atom.